The van der Waals surface area contributed by atoms with Gasteiger partial charge < -0.3 is 15.7 Å². The van der Waals surface area contributed by atoms with Gasteiger partial charge in [0.2, 0.25) is 0 Å². The molecule has 3 N–H and O–H groups in total. The van der Waals surface area contributed by atoms with Gasteiger partial charge in [-0.1, -0.05) is 24.3 Å². The molecule has 0 radical (unpaired) electrons. The predicted octanol–water partition coefficient (Wildman–Crippen LogP) is 3.30. The number of hydrogen-bond acceptors (Lipinski definition) is 4. The van der Waals surface area contributed by atoms with Crippen LogP contribution >= 0.6 is 0 Å². The van der Waals surface area contributed by atoms with Crippen molar-refractivity contribution < 1.29 is 9.90 Å². The van der Waals surface area contributed by atoms with Gasteiger partial charge in [-0.25, -0.2) is 0 Å². The molecule has 0 saturated heterocycles. The van der Waals surface area contributed by atoms with Crippen LogP contribution in [0, 0.1) is 11.3 Å². The van der Waals surface area contributed by atoms with Crippen LogP contribution in [0.15, 0.2) is 48.0 Å². The Hall–Kier alpha value is -3.26. The summed E-state index contributed by atoms with van der Waals surface area (Å²) >= 11 is 0. The zero-order valence-corrected chi connectivity index (χ0v) is 13.0. The van der Waals surface area contributed by atoms with Crippen molar-refractivity contribution in [2.75, 3.05) is 17.2 Å². The highest BCUT2D eigenvalue weighted by Gasteiger charge is 2.16. The Morgan fingerprint density at radius 3 is 2.92 bits per heavy atom. The number of amides is 1. The summed E-state index contributed by atoms with van der Waals surface area (Å²) < 4.78 is 0. The van der Waals surface area contributed by atoms with Crippen molar-refractivity contribution in [2.24, 2.45) is 0 Å². The SMILES string of the molecule is N#C/C(=C\c1cccc(O)c1)C(=O)Nc1cccc2c1NCCC2. The number of nitrogens with one attached hydrogen (secondary N) is 2. The zero-order valence-electron chi connectivity index (χ0n) is 13.0. The minimum absolute atomic E-state index is 0.0194. The summed E-state index contributed by atoms with van der Waals surface area (Å²) in [5.41, 5.74) is 3.33. The minimum Gasteiger partial charge on any atom is -0.508 e. The van der Waals surface area contributed by atoms with Gasteiger partial charge in [0.15, 0.2) is 0 Å². The fourth-order valence-electron chi connectivity index (χ4n) is 2.73. The smallest absolute Gasteiger partial charge is 0.266 e. The van der Waals surface area contributed by atoms with E-state index in [1.54, 1.807) is 12.1 Å². The number of carbonyl (C=O) groups excluding carboxylic acids is 1. The van der Waals surface area contributed by atoms with Crippen molar-refractivity contribution >= 4 is 23.4 Å². The summed E-state index contributed by atoms with van der Waals surface area (Å²) in [6, 6.07) is 14.1. The van der Waals surface area contributed by atoms with Gasteiger partial charge in [0.25, 0.3) is 5.91 Å². The van der Waals surface area contributed by atoms with E-state index in [1.807, 2.05) is 24.3 Å². The third-order valence-electron chi connectivity index (χ3n) is 3.87. The number of benzene rings is 2. The molecule has 0 unspecified atom stereocenters. The van der Waals surface area contributed by atoms with Gasteiger partial charge in [0.1, 0.15) is 17.4 Å². The molecule has 120 valence electrons. The van der Waals surface area contributed by atoms with Gasteiger partial charge in [-0.3, -0.25) is 4.79 Å². The van der Waals surface area contributed by atoms with E-state index in [1.165, 1.54) is 18.2 Å². The van der Waals surface area contributed by atoms with E-state index in [0.717, 1.165) is 30.6 Å². The molecule has 0 bridgehead atoms. The van der Waals surface area contributed by atoms with Gasteiger partial charge in [-0.05, 0) is 48.2 Å². The van der Waals surface area contributed by atoms with Crippen LogP contribution in [0.25, 0.3) is 6.08 Å². The lowest BCUT2D eigenvalue weighted by Gasteiger charge is -2.21. The molecular formula is C19H17N3O2. The van der Waals surface area contributed by atoms with E-state index in [2.05, 4.69) is 10.6 Å². The Morgan fingerprint density at radius 2 is 2.12 bits per heavy atom. The van der Waals surface area contributed by atoms with E-state index in [-0.39, 0.29) is 11.3 Å². The zero-order chi connectivity index (χ0) is 16.9. The molecule has 1 amide bonds. The molecule has 0 atom stereocenters. The third-order valence-corrected chi connectivity index (χ3v) is 3.87. The van der Waals surface area contributed by atoms with Crippen LogP contribution in [0.5, 0.6) is 5.75 Å². The first kappa shape index (κ1) is 15.6. The van der Waals surface area contributed by atoms with E-state index in [4.69, 9.17) is 0 Å². The molecule has 3 rings (SSSR count). The Morgan fingerprint density at radius 1 is 1.29 bits per heavy atom. The summed E-state index contributed by atoms with van der Waals surface area (Å²) in [5.74, 6) is -0.385. The summed E-state index contributed by atoms with van der Waals surface area (Å²) in [6.45, 7) is 0.865. The largest absolute Gasteiger partial charge is 0.508 e. The van der Waals surface area contributed by atoms with E-state index < -0.39 is 5.91 Å². The maximum absolute atomic E-state index is 12.4. The number of anilines is 2. The lowest BCUT2D eigenvalue weighted by atomic mass is 10.0. The monoisotopic (exact) mass is 319 g/mol. The second kappa shape index (κ2) is 6.88. The van der Waals surface area contributed by atoms with Gasteiger partial charge in [-0.2, -0.15) is 5.26 Å². The molecule has 2 aromatic rings. The maximum Gasteiger partial charge on any atom is 0.266 e. The second-order valence-corrected chi connectivity index (χ2v) is 5.59. The standard InChI is InChI=1S/C19H17N3O2/c20-12-15(10-13-4-1-7-16(23)11-13)19(24)22-17-8-2-5-14-6-3-9-21-18(14)17/h1-2,4-5,7-8,10-11,21,23H,3,6,9H2,(H,22,24)/b15-10+. The molecule has 1 heterocycles. The molecular weight excluding hydrogens is 302 g/mol. The van der Waals surface area contributed by atoms with Crippen molar-refractivity contribution in [3.63, 3.8) is 0 Å². The predicted molar refractivity (Wildman–Crippen MR) is 93.6 cm³/mol. The molecule has 2 aromatic carbocycles. The summed E-state index contributed by atoms with van der Waals surface area (Å²) in [6.07, 6.45) is 3.49. The Kier molecular flexibility index (Phi) is 4.48. The van der Waals surface area contributed by atoms with E-state index in [9.17, 15) is 15.2 Å². The first-order valence-electron chi connectivity index (χ1n) is 7.75. The fraction of sp³-hybridized carbons (Fsp3) is 0.158. The number of hydrogen-bond donors (Lipinski definition) is 3. The molecule has 0 spiro atoms. The highest BCUT2D eigenvalue weighted by Crippen LogP contribution is 2.30. The minimum atomic E-state index is -0.471. The van der Waals surface area contributed by atoms with Crippen LogP contribution < -0.4 is 10.6 Å². The number of rotatable bonds is 3. The summed E-state index contributed by atoms with van der Waals surface area (Å²) in [4.78, 5) is 12.4. The maximum atomic E-state index is 12.4. The molecule has 0 saturated carbocycles. The highest BCUT2D eigenvalue weighted by molar-refractivity contribution is 6.11. The van der Waals surface area contributed by atoms with Crippen LogP contribution in [0.3, 0.4) is 0 Å². The van der Waals surface area contributed by atoms with Crippen LogP contribution in [0.2, 0.25) is 0 Å². The molecule has 1 aliphatic rings. The van der Waals surface area contributed by atoms with Gasteiger partial charge in [-0.15, -0.1) is 0 Å². The van der Waals surface area contributed by atoms with Crippen molar-refractivity contribution in [2.45, 2.75) is 12.8 Å². The van der Waals surface area contributed by atoms with Crippen LogP contribution in [-0.4, -0.2) is 17.6 Å². The fourth-order valence-corrected chi connectivity index (χ4v) is 2.73. The van der Waals surface area contributed by atoms with Gasteiger partial charge in [0, 0.05) is 6.54 Å². The van der Waals surface area contributed by atoms with Crippen molar-refractivity contribution in [3.8, 4) is 11.8 Å². The number of aryl methyl sites for hydroxylation is 1. The van der Waals surface area contributed by atoms with Crippen molar-refractivity contribution in [3.05, 3.63) is 59.2 Å². The highest BCUT2D eigenvalue weighted by atomic mass is 16.3. The first-order valence-corrected chi connectivity index (χ1v) is 7.75. The molecule has 0 fully saturated rings. The molecule has 0 aromatic heterocycles. The number of fused-ring (bicyclic) bond motifs is 1. The number of phenols is 1. The van der Waals surface area contributed by atoms with Gasteiger partial charge in [0.05, 0.1) is 11.4 Å². The van der Waals surface area contributed by atoms with Crippen LogP contribution in [0.4, 0.5) is 11.4 Å². The lowest BCUT2D eigenvalue weighted by Crippen LogP contribution is -2.18. The third kappa shape index (κ3) is 3.39. The number of nitriles is 1. The normalized spacial score (nSPS) is 13.4. The summed E-state index contributed by atoms with van der Waals surface area (Å²) in [7, 11) is 0. The Bertz CT molecular complexity index is 850. The molecule has 1 aliphatic heterocycles. The van der Waals surface area contributed by atoms with Crippen molar-refractivity contribution in [1.29, 1.82) is 5.26 Å². The van der Waals surface area contributed by atoms with Crippen molar-refractivity contribution in [1.82, 2.24) is 0 Å². The molecule has 0 aliphatic carbocycles. The average Bonchev–Trinajstić information content (AvgIpc) is 2.60. The van der Waals surface area contributed by atoms with E-state index >= 15 is 0 Å². The Labute approximate surface area is 140 Å². The number of phenolic OH excluding ortho intramolecular Hbond substituents is 1. The van der Waals surface area contributed by atoms with Crippen LogP contribution in [-0.2, 0) is 11.2 Å². The number of aromatic hydroxyl groups is 1. The lowest BCUT2D eigenvalue weighted by molar-refractivity contribution is -0.112. The average molecular weight is 319 g/mol. The number of para-hydroxylation sites is 1. The Balaban J connectivity index is 1.85. The summed E-state index contributed by atoms with van der Waals surface area (Å²) in [5, 5.41) is 24.9. The second-order valence-electron chi connectivity index (χ2n) is 5.59. The topological polar surface area (TPSA) is 85.1 Å². The first-order chi connectivity index (χ1) is 11.7. The molecule has 5 nitrogen and oxygen atoms in total. The molecule has 5 heteroatoms. The number of nitrogens with zero attached hydrogens (tertiary/aromatic N) is 1. The quantitative estimate of drug-likeness (QED) is 0.598. The number of carbonyl (C=O) groups is 1. The van der Waals surface area contributed by atoms with E-state index in [0.29, 0.717) is 11.3 Å². The van der Waals surface area contributed by atoms with Crippen LogP contribution in [0.1, 0.15) is 17.5 Å². The van der Waals surface area contributed by atoms with Gasteiger partial charge >= 0.3 is 0 Å². The molecule has 24 heavy (non-hydrogen) atoms.